The highest BCUT2D eigenvalue weighted by molar-refractivity contribution is 5.99. The molecule has 6 aliphatic heterocycles. The Labute approximate surface area is 368 Å². The second-order valence-electron chi connectivity index (χ2n) is 18.9. The number of anilines is 1. The van der Waals surface area contributed by atoms with Crippen molar-refractivity contribution in [1.82, 2.24) is 15.5 Å². The molecular weight excluding hydrogens is 800 g/mol. The van der Waals surface area contributed by atoms with Gasteiger partial charge in [-0.25, -0.2) is 4.39 Å². The fourth-order valence-electron chi connectivity index (χ4n) is 11.7. The molecule has 6 heterocycles. The summed E-state index contributed by atoms with van der Waals surface area (Å²) >= 11 is 0. The molecule has 4 aromatic rings. The minimum atomic E-state index is -0.220. The number of amides is 3. The fourth-order valence-corrected chi connectivity index (χ4v) is 11.7. The zero-order valence-electron chi connectivity index (χ0n) is 36.1. The van der Waals surface area contributed by atoms with Crippen molar-refractivity contribution in [3.05, 3.63) is 118 Å². The summed E-state index contributed by atoms with van der Waals surface area (Å²) in [7, 11) is 1.69. The van der Waals surface area contributed by atoms with E-state index in [0.717, 1.165) is 118 Å². The number of phenolic OH excluding ortho intramolecular Hbond substituents is 1. The number of rotatable bonds is 6. The third-order valence-electron chi connectivity index (χ3n) is 15.1. The van der Waals surface area contributed by atoms with E-state index in [1.54, 1.807) is 19.2 Å². The Balaban J connectivity index is 0.000000533. The van der Waals surface area contributed by atoms with Crippen molar-refractivity contribution in [1.29, 1.82) is 0 Å². The van der Waals surface area contributed by atoms with Crippen LogP contribution < -0.4 is 25.0 Å². The second kappa shape index (κ2) is 16.9. The third kappa shape index (κ3) is 8.05. The lowest BCUT2D eigenvalue weighted by molar-refractivity contribution is -0.132. The second-order valence-corrected chi connectivity index (χ2v) is 18.9. The highest BCUT2D eigenvalue weighted by Crippen LogP contribution is 2.51. The topological polar surface area (TPSA) is 130 Å². The first kappa shape index (κ1) is 41.5. The molecule has 0 bridgehead atoms. The summed E-state index contributed by atoms with van der Waals surface area (Å²) in [6.45, 7) is 6.68. The summed E-state index contributed by atoms with van der Waals surface area (Å²) in [5.41, 5.74) is 7.95. The quantitative estimate of drug-likeness (QED) is 0.172. The highest BCUT2D eigenvalue weighted by Gasteiger charge is 2.47. The highest BCUT2D eigenvalue weighted by atomic mass is 19.1. The van der Waals surface area contributed by atoms with Gasteiger partial charge in [-0.2, -0.15) is 0 Å². The van der Waals surface area contributed by atoms with Crippen molar-refractivity contribution in [2.45, 2.75) is 93.6 Å². The van der Waals surface area contributed by atoms with E-state index < -0.39 is 0 Å². The monoisotopic (exact) mass is 856 g/mol. The lowest BCUT2D eigenvalue weighted by atomic mass is 9.69. The van der Waals surface area contributed by atoms with Crippen molar-refractivity contribution < 1.29 is 38.1 Å². The number of ether oxygens (including phenoxy) is 3. The Hall–Kier alpha value is -5.46. The number of nitrogens with one attached hydrogen (secondary N) is 2. The van der Waals surface area contributed by atoms with Crippen LogP contribution in [0, 0.1) is 11.7 Å². The van der Waals surface area contributed by atoms with Crippen molar-refractivity contribution >= 4 is 23.4 Å². The van der Waals surface area contributed by atoms with Crippen LogP contribution in [0.2, 0.25) is 0 Å². The van der Waals surface area contributed by atoms with E-state index in [1.165, 1.54) is 11.1 Å². The molecule has 330 valence electrons. The van der Waals surface area contributed by atoms with E-state index in [9.17, 15) is 19.5 Å². The smallest absolute Gasteiger partial charge is 0.252 e. The van der Waals surface area contributed by atoms with Gasteiger partial charge in [0.25, 0.3) is 5.91 Å². The number of imide groups is 1. The van der Waals surface area contributed by atoms with E-state index in [2.05, 4.69) is 50.8 Å². The van der Waals surface area contributed by atoms with Crippen LogP contribution in [0.25, 0.3) is 0 Å². The predicted molar refractivity (Wildman–Crippen MR) is 236 cm³/mol. The van der Waals surface area contributed by atoms with E-state index in [1.807, 2.05) is 30.3 Å². The summed E-state index contributed by atoms with van der Waals surface area (Å²) in [5, 5.41) is 15.4. The number of aryl methyl sites for hydroxylation is 1. The number of aromatic hydroxyl groups is 1. The molecule has 63 heavy (non-hydrogen) atoms. The predicted octanol–water partition coefficient (Wildman–Crippen LogP) is 7.26. The van der Waals surface area contributed by atoms with E-state index >= 15 is 4.39 Å². The maximum absolute atomic E-state index is 16.4. The minimum absolute atomic E-state index is 0.00295. The maximum atomic E-state index is 16.4. The fraction of sp³-hybridized carbons (Fsp3) is 0.471. The van der Waals surface area contributed by atoms with Crippen LogP contribution in [0.4, 0.5) is 10.1 Å². The van der Waals surface area contributed by atoms with Crippen LogP contribution in [0.15, 0.2) is 72.8 Å². The van der Waals surface area contributed by atoms with E-state index in [0.29, 0.717) is 49.8 Å². The molecule has 4 saturated heterocycles. The number of hydrogen-bond acceptors (Lipinski definition) is 9. The lowest BCUT2D eigenvalue weighted by Crippen LogP contribution is -2.46. The van der Waals surface area contributed by atoms with Crippen LogP contribution in [0.5, 0.6) is 17.2 Å². The first-order chi connectivity index (χ1) is 30.6. The molecule has 3 N–H and O–H groups in total. The molecule has 11 rings (SSSR count). The molecule has 0 aromatic heterocycles. The molecule has 11 nitrogen and oxygen atoms in total. The van der Waals surface area contributed by atoms with Gasteiger partial charge < -0.3 is 34.4 Å². The number of carbonyl (C=O) groups is 3. The Morgan fingerprint density at radius 3 is 2.38 bits per heavy atom. The number of benzene rings is 4. The average Bonchev–Trinajstić information content (AvgIpc) is 3.98. The largest absolute Gasteiger partial charge is 0.508 e. The minimum Gasteiger partial charge on any atom is -0.508 e. The van der Waals surface area contributed by atoms with E-state index in [-0.39, 0.29) is 52.1 Å². The van der Waals surface area contributed by atoms with Crippen molar-refractivity contribution in [3.8, 4) is 17.2 Å². The standard InChI is InChI=1S/C46H50FN3O5.C5H7NO2/c1-53-41-23-40(39(47)21-37(41)43-34(30-5-3-2-4-6-30)9-7-31-19-33(51)8-10-35(31)43)50-17-13-46(14-18-50)24-29(27-55-46)26-49-15-11-45(12-16-49)28-54-42-22-36-32(20-38(42)45)25-48-44(36)52;7-4-2-1-3-5(8)6-4/h2-6,8,10,19-23,29,34,43,51H,7,9,11-18,24-28H2,1H3,(H,48,52);1-3H2,(H,6,7,8). The van der Waals surface area contributed by atoms with Gasteiger partial charge >= 0.3 is 0 Å². The Morgan fingerprint density at radius 1 is 0.873 bits per heavy atom. The molecule has 4 aromatic carbocycles. The summed E-state index contributed by atoms with van der Waals surface area (Å²) in [4.78, 5) is 37.7. The summed E-state index contributed by atoms with van der Waals surface area (Å²) in [5.74, 6) is 1.91. The molecule has 3 amide bonds. The zero-order chi connectivity index (χ0) is 43.3. The van der Waals surface area contributed by atoms with Gasteiger partial charge in [0, 0.05) is 73.1 Å². The Morgan fingerprint density at radius 2 is 1.65 bits per heavy atom. The molecule has 12 heteroatoms. The molecule has 1 aliphatic carbocycles. The van der Waals surface area contributed by atoms with Gasteiger partial charge in [-0.3, -0.25) is 19.7 Å². The number of nitrogens with zero attached hydrogens (tertiary/aromatic N) is 2. The van der Waals surface area contributed by atoms with E-state index in [4.69, 9.17) is 14.2 Å². The number of phenols is 1. The number of fused-ring (bicyclic) bond motifs is 4. The SMILES string of the molecule is COc1cc(N2CCC3(CC2)CC(CN2CCC4(CC2)COc2cc5c(cc24)CNC5=O)CO3)c(F)cc1C1c2ccc(O)cc2CCC1c1ccccc1.O=C1CCCC(=O)N1. The van der Waals surface area contributed by atoms with Crippen LogP contribution in [-0.4, -0.2) is 86.4 Å². The summed E-state index contributed by atoms with van der Waals surface area (Å²) in [6.07, 6.45) is 8.40. The van der Waals surface area contributed by atoms with Crippen molar-refractivity contribution in [2.24, 2.45) is 5.92 Å². The number of likely N-dealkylation sites (tertiary alicyclic amines) is 1. The average molecular weight is 857 g/mol. The number of carbonyl (C=O) groups excluding carboxylic acids is 3. The first-order valence-corrected chi connectivity index (χ1v) is 22.9. The van der Waals surface area contributed by atoms with Gasteiger partial charge in [0.1, 0.15) is 23.1 Å². The van der Waals surface area contributed by atoms with Gasteiger partial charge in [0.15, 0.2) is 0 Å². The molecule has 2 spiro atoms. The Bertz CT molecular complexity index is 2390. The van der Waals surface area contributed by atoms with Crippen molar-refractivity contribution in [3.63, 3.8) is 0 Å². The van der Waals surface area contributed by atoms with Gasteiger partial charge in [-0.05, 0) is 129 Å². The zero-order valence-corrected chi connectivity index (χ0v) is 36.1. The summed E-state index contributed by atoms with van der Waals surface area (Å²) < 4.78 is 35.3. The number of halogens is 1. The molecule has 7 aliphatic rings. The van der Waals surface area contributed by atoms with Crippen LogP contribution in [0.3, 0.4) is 0 Å². The first-order valence-electron chi connectivity index (χ1n) is 22.9. The van der Waals surface area contributed by atoms with Gasteiger partial charge in [0.05, 0.1) is 31.6 Å². The molecule has 4 fully saturated rings. The summed E-state index contributed by atoms with van der Waals surface area (Å²) in [6, 6.07) is 23.9. The lowest BCUT2D eigenvalue weighted by Gasteiger charge is -2.41. The molecule has 0 saturated carbocycles. The maximum Gasteiger partial charge on any atom is 0.252 e. The molecule has 0 radical (unpaired) electrons. The Kier molecular flexibility index (Phi) is 11.2. The number of methoxy groups -OCH3 is 1. The van der Waals surface area contributed by atoms with Gasteiger partial charge in [0.2, 0.25) is 11.8 Å². The molecule has 3 unspecified atom stereocenters. The van der Waals surface area contributed by atoms with Crippen LogP contribution in [0.1, 0.15) is 113 Å². The number of hydrogen-bond donors (Lipinski definition) is 3. The van der Waals surface area contributed by atoms with Crippen LogP contribution >= 0.6 is 0 Å². The molecule has 3 atom stereocenters. The number of piperidine rings is 3. The van der Waals surface area contributed by atoms with Crippen LogP contribution in [-0.2, 0) is 32.7 Å². The third-order valence-corrected chi connectivity index (χ3v) is 15.1. The van der Waals surface area contributed by atoms with Gasteiger partial charge in [-0.1, -0.05) is 36.4 Å². The van der Waals surface area contributed by atoms with Crippen molar-refractivity contribution in [2.75, 3.05) is 57.9 Å². The van der Waals surface area contributed by atoms with Gasteiger partial charge in [-0.15, -0.1) is 0 Å². The molecular formula is C51H57FN4O7. The normalized spacial score (nSPS) is 24.4.